The number of hydrogen-bond donors (Lipinski definition) is 4. The van der Waals surface area contributed by atoms with Crippen LogP contribution in [0.1, 0.15) is 6.92 Å². The van der Waals surface area contributed by atoms with Crippen molar-refractivity contribution in [3.8, 4) is 23.0 Å². The second-order valence-electron chi connectivity index (χ2n) is 7.33. The Bertz CT molecular complexity index is 1040. The van der Waals surface area contributed by atoms with Crippen molar-refractivity contribution < 1.29 is 20.4 Å². The lowest BCUT2D eigenvalue weighted by Gasteiger charge is -2.34. The Kier molecular flexibility index (Phi) is 6.65. The smallest absolute Gasteiger partial charge is 0.123 e. The van der Waals surface area contributed by atoms with Crippen molar-refractivity contribution >= 4 is 37.1 Å². The van der Waals surface area contributed by atoms with Crippen LogP contribution in [0.5, 0.6) is 23.0 Å². The van der Waals surface area contributed by atoms with Crippen LogP contribution in [-0.4, -0.2) is 25.8 Å². The minimum absolute atomic E-state index is 0.136. The molecule has 0 aromatic heterocycles. The van der Waals surface area contributed by atoms with E-state index in [2.05, 4.69) is 6.92 Å². The second kappa shape index (κ2) is 9.61. The maximum absolute atomic E-state index is 10.8. The summed E-state index contributed by atoms with van der Waals surface area (Å²) < 4.78 is 0. The molecule has 4 nitrogen and oxygen atoms in total. The van der Waals surface area contributed by atoms with Crippen LogP contribution in [0.3, 0.4) is 0 Å². The minimum Gasteiger partial charge on any atom is -0.507 e. The molecule has 0 amide bonds. The number of benzene rings is 4. The van der Waals surface area contributed by atoms with E-state index in [0.29, 0.717) is 0 Å². The van der Waals surface area contributed by atoms with Gasteiger partial charge in [-0.1, -0.05) is 79.7 Å². The first kappa shape index (κ1) is 22.1. The van der Waals surface area contributed by atoms with Crippen molar-refractivity contribution in [1.29, 1.82) is 0 Å². The summed E-state index contributed by atoms with van der Waals surface area (Å²) in [5.74, 6) is 0.660. The average molecular weight is 462 g/mol. The molecule has 0 aliphatic rings. The van der Waals surface area contributed by atoms with Gasteiger partial charge in [-0.15, -0.1) is 0 Å². The third kappa shape index (κ3) is 4.30. The fourth-order valence-electron chi connectivity index (χ4n) is 3.85. The lowest BCUT2D eigenvalue weighted by Crippen LogP contribution is -2.26. The van der Waals surface area contributed by atoms with Crippen LogP contribution in [0.4, 0.5) is 0 Å². The fraction of sp³-hybridized carbons (Fsp3) is 0.0769. The molecule has 0 aliphatic carbocycles. The Morgan fingerprint density at radius 3 is 0.875 bits per heavy atom. The van der Waals surface area contributed by atoms with Crippen LogP contribution in [0.2, 0.25) is 0 Å². The van der Waals surface area contributed by atoms with Gasteiger partial charge in [0.1, 0.15) is 23.0 Å². The Morgan fingerprint density at radius 1 is 0.438 bits per heavy atom. The number of phenols is 4. The first-order valence-corrected chi connectivity index (χ1v) is 13.0. The van der Waals surface area contributed by atoms with E-state index in [-0.39, 0.29) is 28.4 Å². The molecule has 162 valence electrons. The van der Waals surface area contributed by atoms with Gasteiger partial charge < -0.3 is 20.4 Å². The maximum atomic E-state index is 10.8. The summed E-state index contributed by atoms with van der Waals surface area (Å²) in [6.07, 6.45) is 0. The van der Waals surface area contributed by atoms with Gasteiger partial charge in [-0.25, -0.2) is 0 Å². The lowest BCUT2D eigenvalue weighted by molar-refractivity contribution is 0.478. The standard InChI is InChI=1S/C26H24O4P2/c1-18(31(23-14-6-2-10-19(23)27)24-15-7-3-11-20(24)28)32(25-16-8-4-12-21(25)29)26-17-9-5-13-22(26)30/h2-18,27-30H,1H3. The molecule has 4 aromatic rings. The van der Waals surface area contributed by atoms with E-state index in [1.54, 1.807) is 48.5 Å². The molecule has 6 heteroatoms. The molecule has 0 fully saturated rings. The molecule has 0 radical (unpaired) electrons. The predicted octanol–water partition coefficient (Wildman–Crippen LogP) is 4.42. The molecule has 0 saturated heterocycles. The Labute approximate surface area is 190 Å². The summed E-state index contributed by atoms with van der Waals surface area (Å²) in [6, 6.07) is 28.7. The quantitative estimate of drug-likeness (QED) is 0.320. The van der Waals surface area contributed by atoms with Gasteiger partial charge in [0.25, 0.3) is 0 Å². The third-order valence-corrected chi connectivity index (χ3v) is 11.8. The zero-order valence-corrected chi connectivity index (χ0v) is 19.3. The van der Waals surface area contributed by atoms with Crippen molar-refractivity contribution in [3.63, 3.8) is 0 Å². The van der Waals surface area contributed by atoms with Crippen molar-refractivity contribution in [2.75, 3.05) is 0 Å². The summed E-state index contributed by atoms with van der Waals surface area (Å²) in [5.41, 5.74) is 0. The van der Waals surface area contributed by atoms with Gasteiger partial charge in [-0.3, -0.25) is 0 Å². The molecular weight excluding hydrogens is 438 g/mol. The van der Waals surface area contributed by atoms with Crippen LogP contribution >= 0.6 is 15.8 Å². The van der Waals surface area contributed by atoms with Gasteiger partial charge in [0.15, 0.2) is 0 Å². The first-order chi connectivity index (χ1) is 15.5. The molecule has 0 aliphatic heterocycles. The monoisotopic (exact) mass is 462 g/mol. The van der Waals surface area contributed by atoms with E-state index in [4.69, 9.17) is 0 Å². The van der Waals surface area contributed by atoms with Crippen LogP contribution in [0.25, 0.3) is 0 Å². The highest BCUT2D eigenvalue weighted by Gasteiger charge is 2.35. The highest BCUT2D eigenvalue weighted by Crippen LogP contribution is 2.59. The summed E-state index contributed by atoms with van der Waals surface area (Å²) in [4.78, 5) is 0. The molecule has 4 rings (SSSR count). The summed E-state index contributed by atoms with van der Waals surface area (Å²) in [5, 5.41) is 45.9. The molecule has 4 N–H and O–H groups in total. The third-order valence-electron chi connectivity index (χ3n) is 5.31. The Morgan fingerprint density at radius 2 is 0.656 bits per heavy atom. The SMILES string of the molecule is CC(P(c1ccccc1O)c1ccccc1O)P(c1ccccc1O)c1ccccc1O. The molecule has 32 heavy (non-hydrogen) atoms. The van der Waals surface area contributed by atoms with Crippen molar-refractivity contribution in [1.82, 2.24) is 0 Å². The number of aromatic hydroxyl groups is 4. The Hall–Kier alpha value is -3.06. The second-order valence-corrected chi connectivity index (χ2v) is 12.7. The lowest BCUT2D eigenvalue weighted by atomic mass is 10.3. The van der Waals surface area contributed by atoms with Gasteiger partial charge >= 0.3 is 0 Å². The zero-order chi connectivity index (χ0) is 22.7. The molecule has 0 heterocycles. The summed E-state index contributed by atoms with van der Waals surface area (Å²) >= 11 is 0. The van der Waals surface area contributed by atoms with Crippen LogP contribution < -0.4 is 21.2 Å². The van der Waals surface area contributed by atoms with Crippen molar-refractivity contribution in [2.45, 2.75) is 12.3 Å². The zero-order valence-electron chi connectivity index (χ0n) is 17.5. The van der Waals surface area contributed by atoms with E-state index in [1.165, 1.54) is 0 Å². The van der Waals surface area contributed by atoms with Gasteiger partial charge in [0.05, 0.1) is 0 Å². The number of para-hydroxylation sites is 4. The predicted molar refractivity (Wildman–Crippen MR) is 134 cm³/mol. The highest BCUT2D eigenvalue weighted by atomic mass is 31.2. The molecular formula is C26H24O4P2. The highest BCUT2D eigenvalue weighted by molar-refractivity contribution is 7.89. The number of hydrogen-bond acceptors (Lipinski definition) is 4. The largest absolute Gasteiger partial charge is 0.507 e. The minimum atomic E-state index is -1.26. The summed E-state index contributed by atoms with van der Waals surface area (Å²) in [6.45, 7) is 2.06. The van der Waals surface area contributed by atoms with E-state index in [1.807, 2.05) is 48.5 Å². The molecule has 0 atom stereocenters. The molecule has 0 unspecified atom stereocenters. The van der Waals surface area contributed by atoms with Crippen molar-refractivity contribution in [3.05, 3.63) is 97.1 Å². The van der Waals surface area contributed by atoms with Gasteiger partial charge in [0.2, 0.25) is 0 Å². The number of phenolic OH excluding ortho intramolecular Hbond substituents is 4. The topological polar surface area (TPSA) is 80.9 Å². The number of rotatable bonds is 6. The Balaban J connectivity index is 1.96. The maximum Gasteiger partial charge on any atom is 0.123 e. The molecule has 0 spiro atoms. The fourth-order valence-corrected chi connectivity index (χ4v) is 10.7. The van der Waals surface area contributed by atoms with Gasteiger partial charge in [-0.2, -0.15) is 0 Å². The van der Waals surface area contributed by atoms with Crippen LogP contribution in [0.15, 0.2) is 97.1 Å². The van der Waals surface area contributed by atoms with Crippen molar-refractivity contribution in [2.24, 2.45) is 0 Å². The summed E-state index contributed by atoms with van der Waals surface area (Å²) in [7, 11) is -2.52. The van der Waals surface area contributed by atoms with Gasteiger partial charge in [0, 0.05) is 26.6 Å². The van der Waals surface area contributed by atoms with Crippen LogP contribution in [-0.2, 0) is 0 Å². The van der Waals surface area contributed by atoms with E-state index >= 15 is 0 Å². The van der Waals surface area contributed by atoms with E-state index in [0.717, 1.165) is 21.2 Å². The first-order valence-electron chi connectivity index (χ1n) is 10.2. The molecule has 4 aromatic carbocycles. The van der Waals surface area contributed by atoms with E-state index < -0.39 is 15.8 Å². The molecule has 0 bridgehead atoms. The van der Waals surface area contributed by atoms with Crippen LogP contribution in [0, 0.1) is 0 Å². The molecule has 0 saturated carbocycles. The van der Waals surface area contributed by atoms with Gasteiger partial charge in [-0.05, 0) is 40.1 Å². The van der Waals surface area contributed by atoms with E-state index in [9.17, 15) is 20.4 Å². The normalized spacial score (nSPS) is 11.4. The average Bonchev–Trinajstić information content (AvgIpc) is 2.79.